The van der Waals surface area contributed by atoms with Gasteiger partial charge in [-0.25, -0.2) is 4.79 Å². The third kappa shape index (κ3) is 2.90. The van der Waals surface area contributed by atoms with E-state index in [1.807, 2.05) is 17.8 Å². The smallest absolute Gasteiger partial charge is 0.411 e. The Kier molecular flexibility index (Phi) is 4.05. The van der Waals surface area contributed by atoms with Gasteiger partial charge in [-0.2, -0.15) is 5.10 Å². The summed E-state index contributed by atoms with van der Waals surface area (Å²) in [5.74, 6) is 0.444. The predicted molar refractivity (Wildman–Crippen MR) is 100 cm³/mol. The highest BCUT2D eigenvalue weighted by atomic mass is 16.5. The summed E-state index contributed by atoms with van der Waals surface area (Å²) in [7, 11) is 1.57. The quantitative estimate of drug-likeness (QED) is 0.897. The fourth-order valence-electron chi connectivity index (χ4n) is 3.72. The van der Waals surface area contributed by atoms with Gasteiger partial charge in [0.25, 0.3) is 0 Å². The van der Waals surface area contributed by atoms with E-state index in [1.54, 1.807) is 30.3 Å². The molecule has 0 unspecified atom stereocenters. The number of hydrogen-bond acceptors (Lipinski definition) is 4. The first-order valence-electron chi connectivity index (χ1n) is 8.97. The summed E-state index contributed by atoms with van der Waals surface area (Å²) in [6, 6.07) is 3.70. The lowest BCUT2D eigenvalue weighted by Gasteiger charge is -2.40. The van der Waals surface area contributed by atoms with Crippen molar-refractivity contribution in [1.82, 2.24) is 9.78 Å². The van der Waals surface area contributed by atoms with E-state index in [1.165, 1.54) is 11.8 Å². The van der Waals surface area contributed by atoms with Crippen molar-refractivity contribution in [2.75, 3.05) is 23.5 Å². The minimum Gasteiger partial charge on any atom is -0.496 e. The van der Waals surface area contributed by atoms with Crippen LogP contribution in [0.5, 0.6) is 5.75 Å². The van der Waals surface area contributed by atoms with E-state index >= 15 is 0 Å². The van der Waals surface area contributed by atoms with Gasteiger partial charge in [0.1, 0.15) is 5.75 Å². The summed E-state index contributed by atoms with van der Waals surface area (Å²) in [6.45, 7) is 3.53. The first-order valence-corrected chi connectivity index (χ1v) is 8.97. The van der Waals surface area contributed by atoms with Crippen LogP contribution in [-0.2, 0) is 4.79 Å². The highest BCUT2D eigenvalue weighted by molar-refractivity contribution is 6.03. The zero-order chi connectivity index (χ0) is 19.3. The van der Waals surface area contributed by atoms with E-state index in [2.05, 4.69) is 5.10 Å². The Morgan fingerprint density at radius 3 is 2.59 bits per heavy atom. The van der Waals surface area contributed by atoms with Crippen LogP contribution in [0.25, 0.3) is 11.1 Å². The Morgan fingerprint density at radius 1 is 1.26 bits per heavy atom. The molecule has 27 heavy (non-hydrogen) atoms. The molecule has 1 fully saturated rings. The fraction of sp³-hybridized carbons (Fsp3) is 0.421. The van der Waals surface area contributed by atoms with Crippen LogP contribution >= 0.6 is 0 Å². The summed E-state index contributed by atoms with van der Waals surface area (Å²) in [5.41, 5.74) is 2.64. The molecule has 8 heteroatoms. The maximum absolute atomic E-state index is 12.2. The zero-order valence-electron chi connectivity index (χ0n) is 15.5. The van der Waals surface area contributed by atoms with Crippen molar-refractivity contribution in [3.8, 4) is 16.9 Å². The van der Waals surface area contributed by atoms with E-state index in [9.17, 15) is 14.7 Å². The monoisotopic (exact) mass is 370 g/mol. The van der Waals surface area contributed by atoms with Gasteiger partial charge in [0.15, 0.2) is 0 Å². The molecule has 1 aromatic carbocycles. The highest BCUT2D eigenvalue weighted by Crippen LogP contribution is 2.44. The van der Waals surface area contributed by atoms with Gasteiger partial charge >= 0.3 is 6.09 Å². The molecule has 1 saturated carbocycles. The maximum Gasteiger partial charge on any atom is 0.411 e. The van der Waals surface area contributed by atoms with E-state index in [4.69, 9.17) is 4.74 Å². The highest BCUT2D eigenvalue weighted by Gasteiger charge is 2.35. The molecule has 2 amide bonds. The van der Waals surface area contributed by atoms with Crippen LogP contribution < -0.4 is 14.5 Å². The third-order valence-corrected chi connectivity index (χ3v) is 5.14. The number of amides is 2. The summed E-state index contributed by atoms with van der Waals surface area (Å²) in [4.78, 5) is 26.9. The standard InChI is InChI=1S/C19H22N4O4/c1-11-9-21(19(25)26)16-6-15(13-8-20-22(10-13)14-4-5-14)18(27-3)7-17(16)23(11)12(2)24/h6-8,10-11,14H,4-5,9H2,1-3H3,(H,25,26)/t11-/m0/s1. The molecule has 2 aromatic rings. The molecule has 1 aromatic heterocycles. The van der Waals surface area contributed by atoms with Gasteiger partial charge in [0, 0.05) is 36.9 Å². The summed E-state index contributed by atoms with van der Waals surface area (Å²) >= 11 is 0. The van der Waals surface area contributed by atoms with E-state index in [-0.39, 0.29) is 18.5 Å². The van der Waals surface area contributed by atoms with Crippen molar-refractivity contribution in [3.63, 3.8) is 0 Å². The minimum atomic E-state index is -1.05. The van der Waals surface area contributed by atoms with Gasteiger partial charge in [0.2, 0.25) is 5.91 Å². The molecule has 142 valence electrons. The number of rotatable bonds is 3. The minimum absolute atomic E-state index is 0.134. The number of carbonyl (C=O) groups is 2. The molecule has 8 nitrogen and oxygen atoms in total. The molecule has 0 spiro atoms. The van der Waals surface area contributed by atoms with Crippen LogP contribution in [0, 0.1) is 0 Å². The van der Waals surface area contributed by atoms with Gasteiger partial charge in [0.05, 0.1) is 36.8 Å². The molecule has 2 heterocycles. The molecule has 1 aliphatic heterocycles. The van der Waals surface area contributed by atoms with Gasteiger partial charge in [-0.3, -0.25) is 14.4 Å². The second-order valence-corrected chi connectivity index (χ2v) is 7.11. The number of carbonyl (C=O) groups excluding carboxylic acids is 1. The lowest BCUT2D eigenvalue weighted by atomic mass is 10.0. The molecular formula is C19H22N4O4. The van der Waals surface area contributed by atoms with Gasteiger partial charge in [-0.1, -0.05) is 0 Å². The third-order valence-electron chi connectivity index (χ3n) is 5.14. The Hall–Kier alpha value is -3.03. The fourth-order valence-corrected chi connectivity index (χ4v) is 3.72. The molecule has 1 aliphatic carbocycles. The van der Waals surface area contributed by atoms with Gasteiger partial charge < -0.3 is 14.7 Å². The van der Waals surface area contributed by atoms with Crippen LogP contribution in [0.15, 0.2) is 24.5 Å². The zero-order valence-corrected chi connectivity index (χ0v) is 15.5. The normalized spacial score (nSPS) is 19.0. The largest absolute Gasteiger partial charge is 0.496 e. The number of nitrogens with zero attached hydrogens (tertiary/aromatic N) is 4. The number of fused-ring (bicyclic) bond motifs is 1. The van der Waals surface area contributed by atoms with Crippen LogP contribution in [0.3, 0.4) is 0 Å². The first kappa shape index (κ1) is 17.4. The summed E-state index contributed by atoms with van der Waals surface area (Å²) < 4.78 is 7.51. The SMILES string of the molecule is COc1cc2c(cc1-c1cnn(C3CC3)c1)N(C(=O)O)C[C@H](C)N2C(C)=O. The molecule has 1 atom stereocenters. The lowest BCUT2D eigenvalue weighted by molar-refractivity contribution is -0.117. The number of carboxylic acid groups (broad SMARTS) is 1. The van der Waals surface area contributed by atoms with E-state index < -0.39 is 6.09 Å². The second-order valence-electron chi connectivity index (χ2n) is 7.11. The van der Waals surface area contributed by atoms with Gasteiger partial charge in [-0.15, -0.1) is 0 Å². The van der Waals surface area contributed by atoms with Crippen molar-refractivity contribution in [2.24, 2.45) is 0 Å². The van der Waals surface area contributed by atoms with Crippen LogP contribution in [-0.4, -0.2) is 46.6 Å². The summed E-state index contributed by atoms with van der Waals surface area (Å²) in [5, 5.41) is 14.1. The van der Waals surface area contributed by atoms with Crippen LogP contribution in [0.4, 0.5) is 16.2 Å². The number of hydrogen-bond donors (Lipinski definition) is 1. The second kappa shape index (κ2) is 6.29. The number of ether oxygens (including phenoxy) is 1. The average Bonchev–Trinajstić information content (AvgIpc) is 3.36. The van der Waals surface area contributed by atoms with Crippen LogP contribution in [0.2, 0.25) is 0 Å². The predicted octanol–water partition coefficient (Wildman–Crippen LogP) is 3.13. The van der Waals surface area contributed by atoms with Gasteiger partial charge in [-0.05, 0) is 25.8 Å². The van der Waals surface area contributed by atoms with Crippen LogP contribution in [0.1, 0.15) is 32.7 Å². The molecule has 4 rings (SSSR count). The van der Waals surface area contributed by atoms with Crippen molar-refractivity contribution >= 4 is 23.4 Å². The average molecular weight is 370 g/mol. The molecule has 0 saturated heterocycles. The Morgan fingerprint density at radius 2 is 2.00 bits per heavy atom. The molecule has 0 bridgehead atoms. The number of benzene rings is 1. The Balaban J connectivity index is 1.87. The molecule has 2 aliphatic rings. The van der Waals surface area contributed by atoms with E-state index in [0.717, 1.165) is 24.0 Å². The summed E-state index contributed by atoms with van der Waals surface area (Å²) in [6.07, 6.45) is 4.93. The van der Waals surface area contributed by atoms with E-state index in [0.29, 0.717) is 23.2 Å². The maximum atomic E-state index is 12.2. The Bertz CT molecular complexity index is 918. The molecular weight excluding hydrogens is 348 g/mol. The topological polar surface area (TPSA) is 87.9 Å². The van der Waals surface area contributed by atoms with Crippen molar-refractivity contribution in [2.45, 2.75) is 38.8 Å². The molecule has 0 radical (unpaired) electrons. The Labute approximate surface area is 156 Å². The van der Waals surface area contributed by atoms with Crippen molar-refractivity contribution in [3.05, 3.63) is 24.5 Å². The first-order chi connectivity index (χ1) is 12.9. The number of aromatic nitrogens is 2. The lowest BCUT2D eigenvalue weighted by Crippen LogP contribution is -2.51. The number of methoxy groups -OCH3 is 1. The number of anilines is 2. The van der Waals surface area contributed by atoms with Crippen molar-refractivity contribution < 1.29 is 19.4 Å². The molecule has 1 N–H and O–H groups in total. The van der Waals surface area contributed by atoms with Crippen molar-refractivity contribution in [1.29, 1.82) is 0 Å².